The van der Waals surface area contributed by atoms with Gasteiger partial charge in [-0.25, -0.2) is 0 Å². The molecule has 7 nitrogen and oxygen atoms in total. The fourth-order valence-corrected chi connectivity index (χ4v) is 5.30. The summed E-state index contributed by atoms with van der Waals surface area (Å²) >= 11 is 0. The maximum absolute atomic E-state index is 12.9. The summed E-state index contributed by atoms with van der Waals surface area (Å²) in [4.78, 5) is 41.6. The molecule has 39 heavy (non-hydrogen) atoms. The molecule has 0 aliphatic carbocycles. The first-order valence-electron chi connectivity index (χ1n) is 13.4. The van der Waals surface area contributed by atoms with Crippen molar-refractivity contribution < 1.29 is 27.6 Å². The molecule has 1 atom stereocenters. The van der Waals surface area contributed by atoms with E-state index >= 15 is 0 Å². The molecule has 0 bridgehead atoms. The van der Waals surface area contributed by atoms with Crippen LogP contribution in [-0.2, 0) is 11.0 Å². The molecule has 0 aromatic heterocycles. The topological polar surface area (TPSA) is 81.8 Å². The Morgan fingerprint density at radius 2 is 1.72 bits per heavy atom. The third kappa shape index (κ3) is 7.81. The highest BCUT2D eigenvalue weighted by atomic mass is 19.4. The first-order valence-corrected chi connectivity index (χ1v) is 13.4. The summed E-state index contributed by atoms with van der Waals surface area (Å²) in [6.07, 6.45) is -0.731. The van der Waals surface area contributed by atoms with Crippen molar-refractivity contribution in [3.8, 4) is 0 Å². The number of piperidine rings is 1. The van der Waals surface area contributed by atoms with E-state index in [0.29, 0.717) is 5.92 Å². The van der Waals surface area contributed by atoms with E-state index in [1.165, 1.54) is 12.1 Å². The average molecular weight is 545 g/mol. The fourth-order valence-electron chi connectivity index (χ4n) is 5.30. The summed E-state index contributed by atoms with van der Waals surface area (Å²) in [5.41, 5.74) is 0.719. The van der Waals surface area contributed by atoms with Crippen molar-refractivity contribution in [1.29, 1.82) is 0 Å². The monoisotopic (exact) mass is 544 g/mol. The van der Waals surface area contributed by atoms with Crippen LogP contribution in [0.1, 0.15) is 57.5 Å². The van der Waals surface area contributed by atoms with Crippen LogP contribution in [0, 0.1) is 12.8 Å². The Hall–Kier alpha value is -3.40. The lowest BCUT2D eigenvalue weighted by atomic mass is 9.92. The molecule has 0 radical (unpaired) electrons. The van der Waals surface area contributed by atoms with E-state index < -0.39 is 17.6 Å². The highest BCUT2D eigenvalue weighted by Crippen LogP contribution is 2.29. The van der Waals surface area contributed by atoms with E-state index in [9.17, 15) is 27.6 Å². The van der Waals surface area contributed by atoms with Crippen LogP contribution in [0.15, 0.2) is 48.5 Å². The standard InChI is InChI=1S/C29H35F3N4O3/c1-20-5-2-3-8-25(20)28(39)36-15-10-21(11-16-36)9-13-35-14-12-24(19-35)34-26(37)18-33-27(38)22-6-4-7-23(17-22)29(30,31)32/h2-8,17,21,24H,9-16,18-19H2,1H3,(H,33,38)(H,34,37)/t24-/m1/s1. The number of carbonyl (C=O) groups excluding carboxylic acids is 3. The minimum absolute atomic E-state index is 0.0310. The van der Waals surface area contributed by atoms with Crippen molar-refractivity contribution in [2.75, 3.05) is 39.3 Å². The van der Waals surface area contributed by atoms with Crippen LogP contribution in [0.25, 0.3) is 0 Å². The van der Waals surface area contributed by atoms with Crippen molar-refractivity contribution in [3.05, 3.63) is 70.8 Å². The Balaban J connectivity index is 1.13. The summed E-state index contributed by atoms with van der Waals surface area (Å²) in [6, 6.07) is 11.8. The van der Waals surface area contributed by atoms with E-state index in [1.807, 2.05) is 36.1 Å². The van der Waals surface area contributed by atoms with Crippen molar-refractivity contribution in [3.63, 3.8) is 0 Å². The van der Waals surface area contributed by atoms with Gasteiger partial charge in [0.05, 0.1) is 12.1 Å². The van der Waals surface area contributed by atoms with Gasteiger partial charge in [-0.2, -0.15) is 13.2 Å². The molecule has 2 aromatic rings. The molecular formula is C29H35F3N4O3. The second-order valence-corrected chi connectivity index (χ2v) is 10.5. The number of carbonyl (C=O) groups is 3. The highest BCUT2D eigenvalue weighted by Gasteiger charge is 2.31. The second-order valence-electron chi connectivity index (χ2n) is 10.5. The van der Waals surface area contributed by atoms with E-state index in [-0.39, 0.29) is 30.0 Å². The van der Waals surface area contributed by atoms with Crippen LogP contribution in [0.5, 0.6) is 0 Å². The SMILES string of the molecule is Cc1ccccc1C(=O)N1CCC(CCN2CC[C@@H](NC(=O)CNC(=O)c3cccc(C(F)(F)F)c3)C2)CC1. The number of benzene rings is 2. The van der Waals surface area contributed by atoms with Gasteiger partial charge >= 0.3 is 6.18 Å². The van der Waals surface area contributed by atoms with Gasteiger partial charge in [-0.1, -0.05) is 24.3 Å². The average Bonchev–Trinajstić information content (AvgIpc) is 3.37. The van der Waals surface area contributed by atoms with E-state index in [2.05, 4.69) is 15.5 Å². The lowest BCUT2D eigenvalue weighted by Gasteiger charge is -2.33. The quantitative estimate of drug-likeness (QED) is 0.529. The molecule has 0 spiro atoms. The van der Waals surface area contributed by atoms with Gasteiger partial charge in [-0.3, -0.25) is 14.4 Å². The first-order chi connectivity index (χ1) is 18.6. The molecule has 2 N–H and O–H groups in total. The lowest BCUT2D eigenvalue weighted by Crippen LogP contribution is -2.43. The Kier molecular flexibility index (Phi) is 9.27. The minimum atomic E-state index is -4.54. The van der Waals surface area contributed by atoms with Gasteiger partial charge < -0.3 is 20.4 Å². The number of likely N-dealkylation sites (tertiary alicyclic amines) is 2. The smallest absolute Gasteiger partial charge is 0.350 e. The number of nitrogens with one attached hydrogen (secondary N) is 2. The molecule has 2 saturated heterocycles. The molecule has 0 saturated carbocycles. The third-order valence-electron chi connectivity index (χ3n) is 7.63. The van der Waals surface area contributed by atoms with E-state index in [4.69, 9.17) is 0 Å². The largest absolute Gasteiger partial charge is 0.416 e. The normalized spacial score (nSPS) is 18.7. The number of rotatable bonds is 8. The maximum atomic E-state index is 12.9. The van der Waals surface area contributed by atoms with Gasteiger partial charge in [-0.05, 0) is 74.9 Å². The zero-order valence-electron chi connectivity index (χ0n) is 22.1. The Bertz CT molecular complexity index is 1180. The molecule has 3 amide bonds. The van der Waals surface area contributed by atoms with Gasteiger partial charge in [0, 0.05) is 43.3 Å². The molecule has 2 heterocycles. The molecule has 2 aliphatic heterocycles. The fraction of sp³-hybridized carbons (Fsp3) is 0.483. The summed E-state index contributed by atoms with van der Waals surface area (Å²) < 4.78 is 38.6. The Morgan fingerprint density at radius 1 is 0.974 bits per heavy atom. The van der Waals surface area contributed by atoms with Crippen LogP contribution < -0.4 is 10.6 Å². The van der Waals surface area contributed by atoms with Crippen molar-refractivity contribution >= 4 is 17.7 Å². The lowest BCUT2D eigenvalue weighted by molar-refractivity contribution is -0.137. The number of aryl methyl sites for hydroxylation is 1. The molecule has 4 rings (SSSR count). The summed E-state index contributed by atoms with van der Waals surface area (Å²) in [5, 5.41) is 5.30. The molecule has 2 aromatic carbocycles. The highest BCUT2D eigenvalue weighted by molar-refractivity contribution is 5.97. The summed E-state index contributed by atoms with van der Waals surface area (Å²) in [6.45, 7) is 5.71. The zero-order chi connectivity index (χ0) is 28.0. The Morgan fingerprint density at radius 3 is 2.44 bits per heavy atom. The van der Waals surface area contributed by atoms with Crippen LogP contribution in [0.4, 0.5) is 13.2 Å². The number of amides is 3. The predicted molar refractivity (Wildman–Crippen MR) is 141 cm³/mol. The molecular weight excluding hydrogens is 509 g/mol. The van der Waals surface area contributed by atoms with Gasteiger partial charge in [-0.15, -0.1) is 0 Å². The van der Waals surface area contributed by atoms with Gasteiger partial charge in [0.2, 0.25) is 5.91 Å². The van der Waals surface area contributed by atoms with Crippen LogP contribution >= 0.6 is 0 Å². The summed E-state index contributed by atoms with van der Waals surface area (Å²) in [5.74, 6) is -0.426. The molecule has 2 fully saturated rings. The van der Waals surface area contributed by atoms with Gasteiger partial charge in [0.25, 0.3) is 11.8 Å². The van der Waals surface area contributed by atoms with E-state index in [0.717, 1.165) is 81.7 Å². The minimum Gasteiger partial charge on any atom is -0.350 e. The molecule has 0 unspecified atom stereocenters. The number of alkyl halides is 3. The number of hydrogen-bond donors (Lipinski definition) is 2. The van der Waals surface area contributed by atoms with Gasteiger partial charge in [0.15, 0.2) is 0 Å². The Labute approximate surface area is 226 Å². The molecule has 210 valence electrons. The van der Waals surface area contributed by atoms with Crippen molar-refractivity contribution in [1.82, 2.24) is 20.4 Å². The van der Waals surface area contributed by atoms with Crippen molar-refractivity contribution in [2.24, 2.45) is 5.92 Å². The maximum Gasteiger partial charge on any atom is 0.416 e. The summed E-state index contributed by atoms with van der Waals surface area (Å²) in [7, 11) is 0. The number of hydrogen-bond acceptors (Lipinski definition) is 4. The third-order valence-corrected chi connectivity index (χ3v) is 7.63. The number of nitrogens with zero attached hydrogens (tertiary/aromatic N) is 2. The van der Waals surface area contributed by atoms with Crippen LogP contribution in [-0.4, -0.2) is 72.8 Å². The van der Waals surface area contributed by atoms with Crippen LogP contribution in [0.3, 0.4) is 0 Å². The van der Waals surface area contributed by atoms with Crippen LogP contribution in [0.2, 0.25) is 0 Å². The predicted octanol–water partition coefficient (Wildman–Crippen LogP) is 3.88. The first kappa shape index (κ1) is 28.6. The number of halogens is 3. The van der Waals surface area contributed by atoms with Crippen molar-refractivity contribution in [2.45, 2.75) is 44.8 Å². The van der Waals surface area contributed by atoms with Gasteiger partial charge in [0.1, 0.15) is 0 Å². The van der Waals surface area contributed by atoms with E-state index in [1.54, 1.807) is 0 Å². The molecule has 2 aliphatic rings. The zero-order valence-corrected chi connectivity index (χ0v) is 22.1. The molecule has 10 heteroatoms. The second kappa shape index (κ2) is 12.6.